The molecule has 0 heterocycles. The van der Waals surface area contributed by atoms with Crippen LogP contribution in [0.4, 0.5) is 18.9 Å². The lowest BCUT2D eigenvalue weighted by atomic mass is 10.2. The van der Waals surface area contributed by atoms with Crippen LogP contribution >= 0.6 is 11.6 Å². The fourth-order valence-corrected chi connectivity index (χ4v) is 1.96. The summed E-state index contributed by atoms with van der Waals surface area (Å²) in [7, 11) is 2.55. The Morgan fingerprint density at radius 2 is 1.88 bits per heavy atom. The lowest BCUT2D eigenvalue weighted by Crippen LogP contribution is -2.37. The molecule has 26 heavy (non-hydrogen) atoms. The average molecular weight is 397 g/mol. The van der Waals surface area contributed by atoms with E-state index in [1.807, 2.05) is 0 Å². The Labute approximate surface area is 152 Å². The molecule has 1 N–H and O–H groups in total. The number of carbonyl (C=O) groups excluding carboxylic acids is 3. The number of ether oxygens (including phenoxy) is 2. The monoisotopic (exact) mass is 396 g/mol. The second-order valence-corrected chi connectivity index (χ2v) is 5.49. The third-order valence-electron chi connectivity index (χ3n) is 2.98. The zero-order valence-corrected chi connectivity index (χ0v) is 14.6. The molecule has 1 aromatic carbocycles. The smallest absolute Gasteiger partial charge is 0.417 e. The summed E-state index contributed by atoms with van der Waals surface area (Å²) in [5, 5.41) is 1.73. The van der Waals surface area contributed by atoms with Gasteiger partial charge >= 0.3 is 12.1 Å². The molecule has 0 fully saturated rings. The normalized spacial score (nSPS) is 11.0. The first-order valence-corrected chi connectivity index (χ1v) is 7.47. The number of anilines is 1. The van der Waals surface area contributed by atoms with Crippen LogP contribution in [0.2, 0.25) is 5.02 Å². The zero-order chi connectivity index (χ0) is 19.9. The van der Waals surface area contributed by atoms with Crippen molar-refractivity contribution >= 4 is 35.1 Å². The first kappa shape index (κ1) is 21.7. The Hall–Kier alpha value is -2.33. The van der Waals surface area contributed by atoms with E-state index in [9.17, 15) is 27.6 Å². The molecule has 0 saturated carbocycles. The van der Waals surface area contributed by atoms with E-state index in [0.717, 1.165) is 11.0 Å². The van der Waals surface area contributed by atoms with Crippen LogP contribution in [0.15, 0.2) is 18.2 Å². The summed E-state index contributed by atoms with van der Waals surface area (Å²) >= 11 is 5.49. The van der Waals surface area contributed by atoms with Gasteiger partial charge in [-0.05, 0) is 18.2 Å². The van der Waals surface area contributed by atoms with Gasteiger partial charge in [-0.1, -0.05) is 11.6 Å². The average Bonchev–Trinajstić information content (AvgIpc) is 2.53. The third-order valence-corrected chi connectivity index (χ3v) is 3.31. The number of rotatable bonds is 7. The van der Waals surface area contributed by atoms with Crippen LogP contribution in [0, 0.1) is 0 Å². The number of benzene rings is 1. The molecule has 0 aliphatic rings. The molecule has 11 heteroatoms. The van der Waals surface area contributed by atoms with Gasteiger partial charge in [0.1, 0.15) is 6.61 Å². The van der Waals surface area contributed by atoms with E-state index in [2.05, 4.69) is 14.8 Å². The molecule has 0 saturated heterocycles. The standard InChI is InChI=1S/C15H16ClF3N2O5/c1-21(13(23)7-26-14(24)8-25-2)6-12(22)20-9-3-4-11(16)10(5-9)15(17,18)19/h3-5H,6-8H2,1-2H3,(H,20,22). The van der Waals surface area contributed by atoms with Gasteiger partial charge in [0.15, 0.2) is 6.61 Å². The van der Waals surface area contributed by atoms with Crippen molar-refractivity contribution in [3.63, 3.8) is 0 Å². The summed E-state index contributed by atoms with van der Waals surface area (Å²) in [5.74, 6) is -2.16. The van der Waals surface area contributed by atoms with Crippen molar-refractivity contribution in [2.24, 2.45) is 0 Å². The molecule has 144 valence electrons. The number of carbonyl (C=O) groups is 3. The van der Waals surface area contributed by atoms with Gasteiger partial charge in [-0.2, -0.15) is 13.2 Å². The largest absolute Gasteiger partial charge is 0.454 e. The van der Waals surface area contributed by atoms with Crippen LogP contribution in [0.5, 0.6) is 0 Å². The van der Waals surface area contributed by atoms with Gasteiger partial charge in [0.25, 0.3) is 5.91 Å². The minimum absolute atomic E-state index is 0.126. The van der Waals surface area contributed by atoms with Crippen LogP contribution in [0.3, 0.4) is 0 Å². The SMILES string of the molecule is COCC(=O)OCC(=O)N(C)CC(=O)Nc1ccc(Cl)c(C(F)(F)F)c1. The first-order chi connectivity index (χ1) is 12.0. The van der Waals surface area contributed by atoms with Crippen molar-refractivity contribution in [2.75, 3.05) is 39.2 Å². The van der Waals surface area contributed by atoms with Crippen LogP contribution in [-0.2, 0) is 30.0 Å². The molecular weight excluding hydrogens is 381 g/mol. The minimum Gasteiger partial charge on any atom is -0.454 e. The summed E-state index contributed by atoms with van der Waals surface area (Å²) in [4.78, 5) is 35.6. The number of halogens is 4. The van der Waals surface area contributed by atoms with Gasteiger partial charge in [-0.15, -0.1) is 0 Å². The Morgan fingerprint density at radius 3 is 2.46 bits per heavy atom. The summed E-state index contributed by atoms with van der Waals surface area (Å²) in [6.07, 6.45) is -4.67. The molecular formula is C15H16ClF3N2O5. The van der Waals surface area contributed by atoms with Gasteiger partial charge in [-0.25, -0.2) is 4.79 Å². The Kier molecular flexibility index (Phi) is 7.84. The van der Waals surface area contributed by atoms with E-state index >= 15 is 0 Å². The fourth-order valence-electron chi connectivity index (χ4n) is 1.74. The van der Waals surface area contributed by atoms with Crippen molar-refractivity contribution in [3.05, 3.63) is 28.8 Å². The zero-order valence-electron chi connectivity index (χ0n) is 13.9. The molecule has 2 amide bonds. The van der Waals surface area contributed by atoms with Gasteiger partial charge in [0.2, 0.25) is 5.91 Å². The van der Waals surface area contributed by atoms with E-state index in [4.69, 9.17) is 11.6 Å². The molecule has 0 radical (unpaired) electrons. The second-order valence-electron chi connectivity index (χ2n) is 5.08. The molecule has 0 atom stereocenters. The van der Waals surface area contributed by atoms with Crippen molar-refractivity contribution in [1.29, 1.82) is 0 Å². The predicted octanol–water partition coefficient (Wildman–Crippen LogP) is 1.95. The number of amides is 2. The second kappa shape index (κ2) is 9.39. The topological polar surface area (TPSA) is 84.9 Å². The maximum atomic E-state index is 12.8. The summed E-state index contributed by atoms with van der Waals surface area (Å²) < 4.78 is 47.5. The summed E-state index contributed by atoms with van der Waals surface area (Å²) in [6, 6.07) is 2.89. The predicted molar refractivity (Wildman–Crippen MR) is 85.6 cm³/mol. The highest BCUT2D eigenvalue weighted by atomic mass is 35.5. The Morgan fingerprint density at radius 1 is 1.23 bits per heavy atom. The molecule has 0 bridgehead atoms. The number of hydrogen-bond acceptors (Lipinski definition) is 5. The Balaban J connectivity index is 2.61. The molecule has 1 aromatic rings. The molecule has 0 unspecified atom stereocenters. The lowest BCUT2D eigenvalue weighted by molar-refractivity contribution is -0.154. The number of esters is 1. The van der Waals surface area contributed by atoms with E-state index in [1.54, 1.807) is 0 Å². The number of alkyl halides is 3. The lowest BCUT2D eigenvalue weighted by Gasteiger charge is -2.17. The molecule has 7 nitrogen and oxygen atoms in total. The minimum atomic E-state index is -4.67. The Bertz CT molecular complexity index is 682. The van der Waals surface area contributed by atoms with Gasteiger partial charge in [0.05, 0.1) is 17.1 Å². The maximum absolute atomic E-state index is 12.8. The van der Waals surface area contributed by atoms with Gasteiger partial charge < -0.3 is 19.7 Å². The van der Waals surface area contributed by atoms with Crippen molar-refractivity contribution in [1.82, 2.24) is 4.90 Å². The van der Waals surface area contributed by atoms with Crippen LogP contribution in [0.1, 0.15) is 5.56 Å². The van der Waals surface area contributed by atoms with Crippen molar-refractivity contribution in [2.45, 2.75) is 6.18 Å². The fraction of sp³-hybridized carbons (Fsp3) is 0.400. The molecule has 0 aliphatic carbocycles. The van der Waals surface area contributed by atoms with Gasteiger partial charge in [-0.3, -0.25) is 9.59 Å². The first-order valence-electron chi connectivity index (χ1n) is 7.09. The van der Waals surface area contributed by atoms with Crippen LogP contribution < -0.4 is 5.32 Å². The maximum Gasteiger partial charge on any atom is 0.417 e. The number of likely N-dealkylation sites (N-methyl/N-ethyl adjacent to an activating group) is 1. The molecule has 0 aliphatic heterocycles. The number of nitrogens with one attached hydrogen (secondary N) is 1. The highest BCUT2D eigenvalue weighted by molar-refractivity contribution is 6.31. The van der Waals surface area contributed by atoms with E-state index in [1.165, 1.54) is 20.2 Å². The molecule has 1 rings (SSSR count). The quantitative estimate of drug-likeness (QED) is 0.712. The molecule has 0 aromatic heterocycles. The van der Waals surface area contributed by atoms with E-state index in [0.29, 0.717) is 6.07 Å². The van der Waals surface area contributed by atoms with Crippen molar-refractivity contribution < 1.29 is 37.0 Å². The molecule has 0 spiro atoms. The van der Waals surface area contributed by atoms with E-state index in [-0.39, 0.29) is 12.3 Å². The number of hydrogen-bond donors (Lipinski definition) is 1. The van der Waals surface area contributed by atoms with E-state index < -0.39 is 47.7 Å². The highest BCUT2D eigenvalue weighted by Crippen LogP contribution is 2.36. The summed E-state index contributed by atoms with van der Waals surface area (Å²) in [5.41, 5.74) is -1.22. The van der Waals surface area contributed by atoms with Crippen molar-refractivity contribution in [3.8, 4) is 0 Å². The third kappa shape index (κ3) is 6.89. The van der Waals surface area contributed by atoms with Crippen LogP contribution in [0.25, 0.3) is 0 Å². The summed E-state index contributed by atoms with van der Waals surface area (Å²) in [6.45, 7) is -1.37. The number of nitrogens with zero attached hydrogens (tertiary/aromatic N) is 1. The highest BCUT2D eigenvalue weighted by Gasteiger charge is 2.33. The number of methoxy groups -OCH3 is 1. The van der Waals surface area contributed by atoms with Gasteiger partial charge in [0, 0.05) is 19.8 Å². The van der Waals surface area contributed by atoms with Crippen LogP contribution in [-0.4, -0.2) is 56.6 Å².